The topological polar surface area (TPSA) is 126 Å². The van der Waals surface area contributed by atoms with Crippen LogP contribution in [-0.4, -0.2) is 73.5 Å². The molecule has 1 aromatic carbocycles. The molecule has 16 heteroatoms. The third-order valence-electron chi connectivity index (χ3n) is 6.67. The van der Waals surface area contributed by atoms with Gasteiger partial charge in [-0.05, 0) is 36.3 Å². The first-order valence-electron chi connectivity index (χ1n) is 12.6. The predicted octanol–water partition coefficient (Wildman–Crippen LogP) is 3.69. The summed E-state index contributed by atoms with van der Waals surface area (Å²) >= 11 is 0. The number of carboxylic acid groups (broad SMARTS) is 1. The quantitative estimate of drug-likeness (QED) is 0.442. The zero-order valence-electron chi connectivity index (χ0n) is 22.5. The lowest BCUT2D eigenvalue weighted by Crippen LogP contribution is -2.49. The zero-order chi connectivity index (χ0) is 30.9. The fraction of sp³-hybridized carbons (Fsp3) is 0.423. The number of aliphatic imine (C=N–C) groups is 1. The highest BCUT2D eigenvalue weighted by molar-refractivity contribution is 5.84. The molecule has 3 aliphatic rings. The van der Waals surface area contributed by atoms with E-state index < -0.39 is 29.5 Å². The van der Waals surface area contributed by atoms with E-state index in [2.05, 4.69) is 10.3 Å². The number of anilines is 1. The van der Waals surface area contributed by atoms with Crippen LogP contribution in [0.2, 0.25) is 0 Å². The summed E-state index contributed by atoms with van der Waals surface area (Å²) in [5, 5.41) is 10.5. The van der Waals surface area contributed by atoms with Crippen molar-refractivity contribution in [2.24, 2.45) is 10.7 Å². The lowest BCUT2D eigenvalue weighted by atomic mass is 9.87. The normalized spacial score (nSPS) is 20.3. The third-order valence-corrected chi connectivity index (χ3v) is 6.67. The van der Waals surface area contributed by atoms with Crippen molar-refractivity contribution in [3.05, 3.63) is 58.9 Å². The maximum Gasteiger partial charge on any atom is 0.490 e. The number of pyridine rings is 1. The summed E-state index contributed by atoms with van der Waals surface area (Å²) in [6, 6.07) is 7.89. The molecule has 0 bridgehead atoms. The molecule has 1 unspecified atom stereocenters. The number of nitrogens with zero attached hydrogens (tertiary/aromatic N) is 4. The Morgan fingerprint density at radius 2 is 1.71 bits per heavy atom. The van der Waals surface area contributed by atoms with Crippen molar-refractivity contribution < 1.29 is 45.7 Å². The predicted molar refractivity (Wildman–Crippen MR) is 139 cm³/mol. The van der Waals surface area contributed by atoms with Gasteiger partial charge in [0.25, 0.3) is 0 Å². The van der Waals surface area contributed by atoms with Crippen molar-refractivity contribution in [3.8, 4) is 11.5 Å². The Labute approximate surface area is 236 Å². The lowest BCUT2D eigenvalue weighted by molar-refractivity contribution is -0.192. The molecule has 3 aliphatic heterocycles. The summed E-state index contributed by atoms with van der Waals surface area (Å²) < 4.78 is 84.1. The highest BCUT2D eigenvalue weighted by Crippen LogP contribution is 2.42. The number of aliphatic carboxylic acids is 1. The minimum absolute atomic E-state index is 0.0736. The first-order valence-corrected chi connectivity index (χ1v) is 12.6. The molecule has 0 fully saturated rings. The number of aromatic nitrogens is 1. The van der Waals surface area contributed by atoms with E-state index in [4.69, 9.17) is 30.1 Å². The van der Waals surface area contributed by atoms with Gasteiger partial charge in [0, 0.05) is 51.1 Å². The highest BCUT2D eigenvalue weighted by atomic mass is 19.4. The van der Waals surface area contributed by atoms with Gasteiger partial charge in [0.1, 0.15) is 19.0 Å². The molecule has 228 valence electrons. The van der Waals surface area contributed by atoms with E-state index in [0.717, 1.165) is 22.9 Å². The summed E-state index contributed by atoms with van der Waals surface area (Å²) in [5.41, 5.74) is 7.46. The number of hydrogen-bond acceptors (Lipinski definition) is 9. The first kappa shape index (κ1) is 30.7. The molecule has 0 radical (unpaired) electrons. The molecule has 5 rings (SSSR count). The molecule has 10 nitrogen and oxygen atoms in total. The van der Waals surface area contributed by atoms with Crippen LogP contribution >= 0.6 is 0 Å². The van der Waals surface area contributed by atoms with Gasteiger partial charge in [-0.3, -0.25) is 5.73 Å². The first-order chi connectivity index (χ1) is 19.6. The minimum Gasteiger partial charge on any atom is -0.486 e. The summed E-state index contributed by atoms with van der Waals surface area (Å²) in [6.45, 7) is 1.59. The van der Waals surface area contributed by atoms with Gasteiger partial charge < -0.3 is 29.7 Å². The number of carbonyl (C=O) groups is 1. The second-order valence-electron chi connectivity index (χ2n) is 9.70. The molecule has 0 amide bonds. The summed E-state index contributed by atoms with van der Waals surface area (Å²) in [6.07, 6.45) is -7.33. The fourth-order valence-electron chi connectivity index (χ4n) is 4.68. The van der Waals surface area contributed by atoms with Crippen LogP contribution in [-0.2, 0) is 16.6 Å². The second kappa shape index (κ2) is 11.6. The maximum absolute atomic E-state index is 13.7. The molecular formula is C26H28F6N6O4. The fourth-order valence-corrected chi connectivity index (χ4v) is 4.68. The van der Waals surface area contributed by atoms with E-state index in [1.165, 1.54) is 12.3 Å². The molecule has 4 heterocycles. The average molecular weight is 603 g/mol. The number of rotatable bonds is 2. The van der Waals surface area contributed by atoms with Crippen molar-refractivity contribution in [2.75, 3.05) is 45.3 Å². The highest BCUT2D eigenvalue weighted by Gasteiger charge is 2.42. The Kier molecular flexibility index (Phi) is 8.48. The Balaban J connectivity index is 0.000000517. The van der Waals surface area contributed by atoms with Gasteiger partial charge in [0.15, 0.2) is 23.1 Å². The monoisotopic (exact) mass is 602 g/mol. The molecule has 2 aromatic rings. The van der Waals surface area contributed by atoms with Crippen molar-refractivity contribution in [2.45, 2.75) is 30.9 Å². The largest absolute Gasteiger partial charge is 0.490 e. The van der Waals surface area contributed by atoms with Crippen LogP contribution < -0.4 is 25.4 Å². The number of guanidine groups is 1. The Bertz CT molecular complexity index is 1390. The molecule has 1 atom stereocenters. The summed E-state index contributed by atoms with van der Waals surface area (Å²) in [4.78, 5) is 21.3. The third kappa shape index (κ3) is 6.48. The van der Waals surface area contributed by atoms with Gasteiger partial charge >= 0.3 is 18.3 Å². The second-order valence-corrected chi connectivity index (χ2v) is 9.70. The number of halogens is 6. The Hall–Kier alpha value is -4.21. The van der Waals surface area contributed by atoms with E-state index in [0.29, 0.717) is 56.6 Å². The molecule has 0 saturated carbocycles. The van der Waals surface area contributed by atoms with E-state index in [1.54, 1.807) is 4.90 Å². The zero-order valence-corrected chi connectivity index (χ0v) is 22.5. The Morgan fingerprint density at radius 3 is 2.33 bits per heavy atom. The number of fused-ring (bicyclic) bond motifs is 1. The van der Waals surface area contributed by atoms with Crippen LogP contribution in [0.1, 0.15) is 24.0 Å². The number of benzene rings is 1. The number of ether oxygens (including phenoxy) is 2. The van der Waals surface area contributed by atoms with Crippen LogP contribution in [0.4, 0.5) is 32.2 Å². The molecule has 4 N–H and O–H groups in total. The van der Waals surface area contributed by atoms with Crippen LogP contribution in [0.15, 0.2) is 52.8 Å². The molecule has 1 aromatic heterocycles. The van der Waals surface area contributed by atoms with Gasteiger partial charge in [-0.25, -0.2) is 14.8 Å². The average Bonchev–Trinajstić information content (AvgIpc) is 3.15. The van der Waals surface area contributed by atoms with Crippen molar-refractivity contribution in [3.63, 3.8) is 0 Å². The number of alkyl halides is 6. The number of hydrogen-bond donors (Lipinski definition) is 3. The molecular weight excluding hydrogens is 574 g/mol. The Morgan fingerprint density at radius 1 is 1.07 bits per heavy atom. The van der Waals surface area contributed by atoms with E-state index in [9.17, 15) is 26.3 Å². The van der Waals surface area contributed by atoms with Crippen molar-refractivity contribution in [1.82, 2.24) is 15.2 Å². The lowest BCUT2D eigenvalue weighted by Gasteiger charge is -2.37. The van der Waals surface area contributed by atoms with Gasteiger partial charge in [0.05, 0.1) is 5.56 Å². The summed E-state index contributed by atoms with van der Waals surface area (Å²) in [7, 11) is 3.71. The van der Waals surface area contributed by atoms with Gasteiger partial charge in [-0.1, -0.05) is 6.07 Å². The number of nitrogens with one attached hydrogen (secondary N) is 1. The van der Waals surface area contributed by atoms with Crippen LogP contribution in [0, 0.1) is 0 Å². The minimum atomic E-state index is -5.08. The molecule has 0 aliphatic carbocycles. The van der Waals surface area contributed by atoms with E-state index >= 15 is 0 Å². The van der Waals surface area contributed by atoms with Crippen molar-refractivity contribution in [1.29, 1.82) is 0 Å². The summed E-state index contributed by atoms with van der Waals surface area (Å²) in [5.74, 6) is -1.02. The number of carboxylic acids is 1. The molecule has 0 saturated heterocycles. The number of nitrogens with two attached hydrogens (primary N) is 1. The standard InChI is InChI=1S/C24H27F3N6O2.C2HF3O2/c1-32(2)22-30-18-8-11-33(21-17(24(25,26)27)4-3-9-29-21)10-7-16(18)23(28,31-22)15-5-6-19-20(14-15)35-13-12-34-19;3-2(4,5)1(6)7/h3-6,9,14H,7-8,10-13,28H2,1-2H3,(H,30,31);(H,6,7). The van der Waals surface area contributed by atoms with Gasteiger partial charge in [-0.15, -0.1) is 0 Å². The molecule has 0 spiro atoms. The van der Waals surface area contributed by atoms with Gasteiger partial charge in [-0.2, -0.15) is 26.3 Å². The van der Waals surface area contributed by atoms with Crippen LogP contribution in [0.25, 0.3) is 0 Å². The van der Waals surface area contributed by atoms with E-state index in [-0.39, 0.29) is 5.82 Å². The maximum atomic E-state index is 13.7. The molecule has 42 heavy (non-hydrogen) atoms. The van der Waals surface area contributed by atoms with Crippen LogP contribution in [0.5, 0.6) is 11.5 Å². The SMILES string of the molecule is CN(C)C1=NC(N)(c2ccc3c(c2)OCCO3)C2=C(CCN(c3ncccc3C(F)(F)F)CC2)N1.O=C(O)C(F)(F)F. The van der Waals surface area contributed by atoms with E-state index in [1.807, 2.05) is 37.2 Å². The van der Waals surface area contributed by atoms with Crippen LogP contribution in [0.3, 0.4) is 0 Å². The smallest absolute Gasteiger partial charge is 0.486 e. The van der Waals surface area contributed by atoms with Gasteiger partial charge in [0.2, 0.25) is 0 Å². The van der Waals surface area contributed by atoms with Crippen molar-refractivity contribution >= 4 is 17.7 Å².